The van der Waals surface area contributed by atoms with E-state index in [1.165, 1.54) is 19.3 Å². The lowest BCUT2D eigenvalue weighted by atomic mass is 9.87. The first kappa shape index (κ1) is 17.2. The third-order valence-electron chi connectivity index (χ3n) is 5.91. The van der Waals surface area contributed by atoms with Crippen molar-refractivity contribution in [2.24, 2.45) is 17.8 Å². The second-order valence-corrected chi connectivity index (χ2v) is 7.54. The van der Waals surface area contributed by atoms with Gasteiger partial charge in [0.2, 0.25) is 11.8 Å². The number of carbonyl (C=O) groups excluding carboxylic acids is 2. The minimum Gasteiger partial charge on any atom is -0.486 e. The fraction of sp³-hybridized carbons (Fsp3) is 0.600. The highest BCUT2D eigenvalue weighted by Gasteiger charge is 2.44. The van der Waals surface area contributed by atoms with Crippen molar-refractivity contribution in [2.45, 2.75) is 32.6 Å². The number of ether oxygens (including phenoxy) is 2. The van der Waals surface area contributed by atoms with E-state index in [9.17, 15) is 9.59 Å². The largest absolute Gasteiger partial charge is 0.486 e. The van der Waals surface area contributed by atoms with Gasteiger partial charge in [0.1, 0.15) is 13.2 Å². The molecule has 3 aliphatic rings. The number of rotatable bonds is 5. The molecule has 1 aromatic rings. The molecular formula is C20H26N2O4. The predicted octanol–water partition coefficient (Wildman–Crippen LogP) is 2.68. The summed E-state index contributed by atoms with van der Waals surface area (Å²) in [6.45, 7) is 3.63. The zero-order valence-electron chi connectivity index (χ0n) is 15.2. The van der Waals surface area contributed by atoms with Crippen LogP contribution < -0.4 is 14.8 Å². The summed E-state index contributed by atoms with van der Waals surface area (Å²) in [7, 11) is 0. The number of nitrogens with zero attached hydrogens (tertiary/aromatic N) is 1. The van der Waals surface area contributed by atoms with Gasteiger partial charge >= 0.3 is 0 Å². The van der Waals surface area contributed by atoms with Crippen molar-refractivity contribution >= 4 is 17.5 Å². The molecule has 2 amide bonds. The van der Waals surface area contributed by atoms with Crippen LogP contribution in [0.5, 0.6) is 11.5 Å². The average molecular weight is 358 g/mol. The average Bonchev–Trinajstić information content (AvgIpc) is 3.29. The first-order chi connectivity index (χ1) is 12.6. The summed E-state index contributed by atoms with van der Waals surface area (Å²) in [6.07, 6.45) is 4.63. The summed E-state index contributed by atoms with van der Waals surface area (Å²) in [4.78, 5) is 27.0. The van der Waals surface area contributed by atoms with Gasteiger partial charge in [-0.05, 0) is 50.2 Å². The molecule has 1 aliphatic heterocycles. The Morgan fingerprint density at radius 3 is 2.65 bits per heavy atom. The van der Waals surface area contributed by atoms with E-state index in [2.05, 4.69) is 5.32 Å². The molecule has 1 heterocycles. The summed E-state index contributed by atoms with van der Waals surface area (Å²) >= 11 is 0. The first-order valence-electron chi connectivity index (χ1n) is 9.62. The van der Waals surface area contributed by atoms with Crippen molar-refractivity contribution < 1.29 is 19.1 Å². The summed E-state index contributed by atoms with van der Waals surface area (Å²) in [5.74, 6) is 2.67. The second kappa shape index (κ2) is 7.17. The molecule has 6 heteroatoms. The van der Waals surface area contributed by atoms with Crippen LogP contribution in [0.2, 0.25) is 0 Å². The molecule has 4 rings (SSSR count). The van der Waals surface area contributed by atoms with Crippen molar-refractivity contribution in [2.75, 3.05) is 31.6 Å². The fourth-order valence-corrected chi connectivity index (χ4v) is 4.62. The van der Waals surface area contributed by atoms with Crippen molar-refractivity contribution in [3.05, 3.63) is 18.2 Å². The number of nitrogens with one attached hydrogen (secondary N) is 1. The molecule has 2 aliphatic carbocycles. The number of carbonyl (C=O) groups is 2. The van der Waals surface area contributed by atoms with Gasteiger partial charge < -0.3 is 19.7 Å². The SMILES string of the molecule is CCN(CC(=O)Nc1ccc2c(c1)OCCO2)C(=O)[C@H]1C[C@H]2CC[C@H]1C2. The Kier molecular flexibility index (Phi) is 4.74. The summed E-state index contributed by atoms with van der Waals surface area (Å²) in [6, 6.07) is 5.35. The molecular weight excluding hydrogens is 332 g/mol. The smallest absolute Gasteiger partial charge is 0.243 e. The number of amides is 2. The molecule has 1 aromatic carbocycles. The number of likely N-dealkylation sites (N-methyl/N-ethyl adjacent to an activating group) is 1. The highest BCUT2D eigenvalue weighted by molar-refractivity contribution is 5.95. The standard InChI is InChI=1S/C20H26N2O4/c1-2-22(20(24)16-10-13-3-4-14(16)9-13)12-19(23)21-15-5-6-17-18(11-15)26-8-7-25-17/h5-6,11,13-14,16H,2-4,7-10,12H2,1H3,(H,21,23)/t13-,14-,16-/m0/s1. The Bertz CT molecular complexity index is 705. The van der Waals surface area contributed by atoms with E-state index in [0.717, 1.165) is 12.3 Å². The van der Waals surface area contributed by atoms with Crippen LogP contribution in [-0.4, -0.2) is 43.0 Å². The third-order valence-corrected chi connectivity index (χ3v) is 5.91. The van der Waals surface area contributed by atoms with Crippen molar-refractivity contribution in [1.29, 1.82) is 0 Å². The molecule has 3 atom stereocenters. The van der Waals surface area contributed by atoms with Gasteiger partial charge in [-0.1, -0.05) is 6.42 Å². The Hall–Kier alpha value is -2.24. The molecule has 2 bridgehead atoms. The minimum atomic E-state index is -0.181. The van der Waals surface area contributed by atoms with Crippen molar-refractivity contribution in [3.63, 3.8) is 0 Å². The van der Waals surface area contributed by atoms with Gasteiger partial charge in [0.25, 0.3) is 0 Å². The van der Waals surface area contributed by atoms with E-state index in [1.54, 1.807) is 23.1 Å². The van der Waals surface area contributed by atoms with Gasteiger partial charge in [0.05, 0.1) is 6.54 Å². The minimum absolute atomic E-state index is 0.0949. The lowest BCUT2D eigenvalue weighted by Crippen LogP contribution is -2.42. The Labute approximate surface area is 153 Å². The molecule has 0 spiro atoms. The Morgan fingerprint density at radius 1 is 1.15 bits per heavy atom. The quantitative estimate of drug-likeness (QED) is 0.879. The maximum absolute atomic E-state index is 12.9. The maximum atomic E-state index is 12.9. The molecule has 26 heavy (non-hydrogen) atoms. The Morgan fingerprint density at radius 2 is 1.96 bits per heavy atom. The molecule has 0 radical (unpaired) electrons. The fourth-order valence-electron chi connectivity index (χ4n) is 4.62. The lowest BCUT2D eigenvalue weighted by Gasteiger charge is -2.28. The zero-order chi connectivity index (χ0) is 18.1. The highest BCUT2D eigenvalue weighted by Crippen LogP contribution is 2.48. The zero-order valence-corrected chi connectivity index (χ0v) is 15.2. The van der Waals surface area contributed by atoms with Crippen LogP contribution >= 0.6 is 0 Å². The first-order valence-corrected chi connectivity index (χ1v) is 9.62. The van der Waals surface area contributed by atoms with E-state index < -0.39 is 0 Å². The monoisotopic (exact) mass is 358 g/mol. The molecule has 0 saturated heterocycles. The van der Waals surface area contributed by atoms with E-state index in [4.69, 9.17) is 9.47 Å². The van der Waals surface area contributed by atoms with Crippen molar-refractivity contribution in [3.8, 4) is 11.5 Å². The van der Waals surface area contributed by atoms with Gasteiger partial charge in [-0.25, -0.2) is 0 Å². The summed E-state index contributed by atoms with van der Waals surface area (Å²) < 4.78 is 11.0. The van der Waals surface area contributed by atoms with Gasteiger partial charge in [-0.15, -0.1) is 0 Å². The van der Waals surface area contributed by atoms with Crippen LogP contribution in [0.4, 0.5) is 5.69 Å². The lowest BCUT2D eigenvalue weighted by molar-refractivity contribution is -0.139. The van der Waals surface area contributed by atoms with E-state index >= 15 is 0 Å². The summed E-state index contributed by atoms with van der Waals surface area (Å²) in [5.41, 5.74) is 0.655. The maximum Gasteiger partial charge on any atom is 0.243 e. The number of hydrogen-bond acceptors (Lipinski definition) is 4. The molecule has 0 aromatic heterocycles. The number of fused-ring (bicyclic) bond motifs is 3. The van der Waals surface area contributed by atoms with Crippen LogP contribution in [0.15, 0.2) is 18.2 Å². The molecule has 6 nitrogen and oxygen atoms in total. The van der Waals surface area contributed by atoms with Gasteiger partial charge in [-0.2, -0.15) is 0 Å². The van der Waals surface area contributed by atoms with E-state index in [1.807, 2.05) is 6.92 Å². The predicted molar refractivity (Wildman–Crippen MR) is 97.3 cm³/mol. The van der Waals surface area contributed by atoms with E-state index in [-0.39, 0.29) is 24.3 Å². The Balaban J connectivity index is 1.36. The highest BCUT2D eigenvalue weighted by atomic mass is 16.6. The van der Waals surface area contributed by atoms with Gasteiger partial charge in [0, 0.05) is 24.2 Å². The summed E-state index contributed by atoms with van der Waals surface area (Å²) in [5, 5.41) is 2.87. The molecule has 2 saturated carbocycles. The number of anilines is 1. The van der Waals surface area contributed by atoms with Crippen molar-refractivity contribution in [1.82, 2.24) is 4.90 Å². The van der Waals surface area contributed by atoms with Crippen LogP contribution in [0.1, 0.15) is 32.6 Å². The van der Waals surface area contributed by atoms with Crippen LogP contribution in [0.25, 0.3) is 0 Å². The number of hydrogen-bond donors (Lipinski definition) is 1. The third kappa shape index (κ3) is 3.37. The molecule has 1 N–H and O–H groups in total. The topological polar surface area (TPSA) is 67.9 Å². The molecule has 140 valence electrons. The second-order valence-electron chi connectivity index (χ2n) is 7.54. The van der Waals surface area contributed by atoms with Crippen LogP contribution in [0, 0.1) is 17.8 Å². The molecule has 0 unspecified atom stereocenters. The van der Waals surface area contributed by atoms with Crippen LogP contribution in [0.3, 0.4) is 0 Å². The van der Waals surface area contributed by atoms with E-state index in [0.29, 0.717) is 42.9 Å². The number of benzene rings is 1. The molecule has 2 fully saturated rings. The van der Waals surface area contributed by atoms with Crippen LogP contribution in [-0.2, 0) is 9.59 Å². The normalized spacial score (nSPS) is 25.8. The van der Waals surface area contributed by atoms with Gasteiger partial charge in [-0.3, -0.25) is 9.59 Å². The van der Waals surface area contributed by atoms with Gasteiger partial charge in [0.15, 0.2) is 11.5 Å².